The Kier molecular flexibility index (Phi) is 6.14. The molecule has 0 spiro atoms. The van der Waals surface area contributed by atoms with E-state index in [1.807, 2.05) is 60.2 Å². The van der Waals surface area contributed by atoms with Gasteiger partial charge >= 0.3 is 0 Å². The number of hydrogen-bond donors (Lipinski definition) is 1. The highest BCUT2D eigenvalue weighted by Crippen LogP contribution is 2.26. The number of carbonyl (C=O) groups is 1. The van der Waals surface area contributed by atoms with Crippen LogP contribution in [-0.4, -0.2) is 31.4 Å². The molecule has 2 aromatic heterocycles. The lowest BCUT2D eigenvalue weighted by atomic mass is 9.91. The molecule has 0 atom stereocenters. The van der Waals surface area contributed by atoms with Gasteiger partial charge in [-0.3, -0.25) is 9.78 Å². The molecule has 0 aliphatic rings. The van der Waals surface area contributed by atoms with Gasteiger partial charge in [0.15, 0.2) is 11.0 Å². The second kappa shape index (κ2) is 8.56. The fourth-order valence-corrected chi connectivity index (χ4v) is 3.51. The van der Waals surface area contributed by atoms with Crippen LogP contribution in [0.1, 0.15) is 33.4 Å². The van der Waals surface area contributed by atoms with Crippen LogP contribution in [0.3, 0.4) is 0 Å². The molecule has 1 N–H and O–H groups in total. The van der Waals surface area contributed by atoms with Gasteiger partial charge in [-0.05, 0) is 31.2 Å². The summed E-state index contributed by atoms with van der Waals surface area (Å²) in [4.78, 5) is 16.8. The molecule has 3 aromatic rings. The Morgan fingerprint density at radius 2 is 1.86 bits per heavy atom. The number of anilines is 1. The molecule has 0 saturated carbocycles. The van der Waals surface area contributed by atoms with Crippen molar-refractivity contribution in [2.45, 2.75) is 44.8 Å². The summed E-state index contributed by atoms with van der Waals surface area (Å²) in [6.45, 7) is 9.17. The zero-order valence-corrected chi connectivity index (χ0v) is 17.5. The number of amides is 1. The Hall–Kier alpha value is -2.67. The summed E-state index contributed by atoms with van der Waals surface area (Å²) in [7, 11) is 0. The maximum absolute atomic E-state index is 12.2. The van der Waals surface area contributed by atoms with Crippen LogP contribution in [0.4, 0.5) is 5.69 Å². The third-order valence-electron chi connectivity index (χ3n) is 4.21. The van der Waals surface area contributed by atoms with Crippen molar-refractivity contribution in [2.75, 3.05) is 11.1 Å². The first kappa shape index (κ1) is 20.1. The van der Waals surface area contributed by atoms with Crippen molar-refractivity contribution < 1.29 is 4.79 Å². The predicted molar refractivity (Wildman–Crippen MR) is 113 cm³/mol. The molecule has 0 radical (unpaired) electrons. The van der Waals surface area contributed by atoms with E-state index >= 15 is 0 Å². The van der Waals surface area contributed by atoms with Crippen molar-refractivity contribution >= 4 is 23.4 Å². The smallest absolute Gasteiger partial charge is 0.234 e. The zero-order valence-electron chi connectivity index (χ0n) is 16.6. The Morgan fingerprint density at radius 3 is 2.46 bits per heavy atom. The molecule has 0 unspecified atom stereocenters. The first-order valence-electron chi connectivity index (χ1n) is 9.26. The largest absolute Gasteiger partial charge is 0.325 e. The van der Waals surface area contributed by atoms with Crippen molar-refractivity contribution in [1.29, 1.82) is 0 Å². The molecule has 0 bridgehead atoms. The van der Waals surface area contributed by atoms with E-state index in [2.05, 4.69) is 41.3 Å². The average Bonchev–Trinajstić information content (AvgIpc) is 3.09. The van der Waals surface area contributed by atoms with Gasteiger partial charge in [-0.25, -0.2) is 0 Å². The van der Waals surface area contributed by atoms with Crippen molar-refractivity contribution in [2.24, 2.45) is 0 Å². The van der Waals surface area contributed by atoms with Gasteiger partial charge in [0, 0.05) is 35.1 Å². The average molecular weight is 396 g/mol. The monoisotopic (exact) mass is 395 g/mol. The standard InChI is InChI=1S/C21H25N5OS/c1-5-26-19(15-11-12-17(22-13-15)21(2,3)4)24-25-20(26)28-14-18(27)23-16-9-7-6-8-10-16/h6-13H,5,14H2,1-4H3,(H,23,27). The van der Waals surface area contributed by atoms with Crippen LogP contribution >= 0.6 is 11.8 Å². The number of benzene rings is 1. The van der Waals surface area contributed by atoms with Crippen molar-refractivity contribution in [3.8, 4) is 11.4 Å². The van der Waals surface area contributed by atoms with Gasteiger partial charge in [0.05, 0.1) is 5.75 Å². The maximum Gasteiger partial charge on any atom is 0.234 e. The zero-order chi connectivity index (χ0) is 20.1. The molecular formula is C21H25N5OS. The topological polar surface area (TPSA) is 72.7 Å². The summed E-state index contributed by atoms with van der Waals surface area (Å²) in [6, 6.07) is 13.5. The Bertz CT molecular complexity index is 930. The van der Waals surface area contributed by atoms with E-state index < -0.39 is 0 Å². The lowest BCUT2D eigenvalue weighted by Crippen LogP contribution is -2.14. The summed E-state index contributed by atoms with van der Waals surface area (Å²) in [5.41, 5.74) is 2.74. The molecule has 6 nitrogen and oxygen atoms in total. The van der Waals surface area contributed by atoms with E-state index in [-0.39, 0.29) is 17.1 Å². The maximum atomic E-state index is 12.2. The molecule has 0 saturated heterocycles. The van der Waals surface area contributed by atoms with Gasteiger partial charge in [-0.15, -0.1) is 10.2 Å². The second-order valence-corrected chi connectivity index (χ2v) is 8.38. The second-order valence-electron chi connectivity index (χ2n) is 7.44. The van der Waals surface area contributed by atoms with Crippen LogP contribution in [0.5, 0.6) is 0 Å². The summed E-state index contributed by atoms with van der Waals surface area (Å²) in [5, 5.41) is 12.2. The Morgan fingerprint density at radius 1 is 1.11 bits per heavy atom. The lowest BCUT2D eigenvalue weighted by Gasteiger charge is -2.17. The van der Waals surface area contributed by atoms with Gasteiger partial charge in [0.2, 0.25) is 5.91 Å². The number of carbonyl (C=O) groups excluding carboxylic acids is 1. The number of thioether (sulfide) groups is 1. The highest BCUT2D eigenvalue weighted by atomic mass is 32.2. The van der Waals surface area contributed by atoms with Gasteiger partial charge in [0.1, 0.15) is 0 Å². The van der Waals surface area contributed by atoms with Crippen LogP contribution < -0.4 is 5.32 Å². The minimum Gasteiger partial charge on any atom is -0.325 e. The van der Waals surface area contributed by atoms with Gasteiger partial charge in [0.25, 0.3) is 0 Å². The fourth-order valence-electron chi connectivity index (χ4n) is 2.71. The quantitative estimate of drug-likeness (QED) is 0.627. The minimum absolute atomic E-state index is 0.00405. The number of pyridine rings is 1. The van der Waals surface area contributed by atoms with E-state index in [9.17, 15) is 4.79 Å². The number of nitrogens with zero attached hydrogens (tertiary/aromatic N) is 4. The summed E-state index contributed by atoms with van der Waals surface area (Å²) in [5.74, 6) is 0.967. The normalized spacial score (nSPS) is 11.4. The number of para-hydroxylation sites is 1. The highest BCUT2D eigenvalue weighted by Gasteiger charge is 2.18. The molecule has 0 fully saturated rings. The molecule has 2 heterocycles. The summed E-state index contributed by atoms with van der Waals surface area (Å²) >= 11 is 1.38. The molecule has 1 amide bonds. The lowest BCUT2D eigenvalue weighted by molar-refractivity contribution is -0.113. The molecule has 3 rings (SSSR count). The third-order valence-corrected chi connectivity index (χ3v) is 5.18. The van der Waals surface area contributed by atoms with Crippen LogP contribution in [-0.2, 0) is 16.8 Å². The van der Waals surface area contributed by atoms with Crippen molar-refractivity contribution in [1.82, 2.24) is 19.7 Å². The van der Waals surface area contributed by atoms with E-state index in [0.717, 1.165) is 27.9 Å². The van der Waals surface area contributed by atoms with Gasteiger partial charge in [-0.1, -0.05) is 50.7 Å². The first-order valence-corrected chi connectivity index (χ1v) is 10.2. The minimum atomic E-state index is -0.0698. The van der Waals surface area contributed by atoms with Crippen LogP contribution in [0, 0.1) is 0 Å². The highest BCUT2D eigenvalue weighted by molar-refractivity contribution is 7.99. The summed E-state index contributed by atoms with van der Waals surface area (Å²) in [6.07, 6.45) is 1.84. The van der Waals surface area contributed by atoms with Crippen LogP contribution in [0.15, 0.2) is 53.8 Å². The Balaban J connectivity index is 1.70. The number of hydrogen-bond acceptors (Lipinski definition) is 5. The van der Waals surface area contributed by atoms with Crippen molar-refractivity contribution in [3.63, 3.8) is 0 Å². The van der Waals surface area contributed by atoms with E-state index in [1.54, 1.807) is 0 Å². The molecule has 146 valence electrons. The SMILES string of the molecule is CCn1c(SCC(=O)Nc2ccccc2)nnc1-c1ccc(C(C)(C)C)nc1. The van der Waals surface area contributed by atoms with E-state index in [1.165, 1.54) is 11.8 Å². The van der Waals surface area contributed by atoms with E-state index in [0.29, 0.717) is 6.54 Å². The first-order chi connectivity index (χ1) is 13.4. The number of nitrogens with one attached hydrogen (secondary N) is 1. The fraction of sp³-hybridized carbons (Fsp3) is 0.333. The Labute approximate surface area is 169 Å². The molecular weight excluding hydrogens is 370 g/mol. The van der Waals surface area contributed by atoms with Crippen molar-refractivity contribution in [3.05, 3.63) is 54.4 Å². The number of rotatable bonds is 6. The van der Waals surface area contributed by atoms with Gasteiger partial charge in [-0.2, -0.15) is 0 Å². The molecule has 1 aromatic carbocycles. The van der Waals surface area contributed by atoms with E-state index in [4.69, 9.17) is 0 Å². The third kappa shape index (κ3) is 4.78. The molecule has 7 heteroatoms. The number of aromatic nitrogens is 4. The van der Waals surface area contributed by atoms with Crippen LogP contribution in [0.25, 0.3) is 11.4 Å². The summed E-state index contributed by atoms with van der Waals surface area (Å²) < 4.78 is 2.01. The molecule has 0 aliphatic heterocycles. The van der Waals surface area contributed by atoms with Gasteiger partial charge < -0.3 is 9.88 Å². The molecule has 28 heavy (non-hydrogen) atoms. The predicted octanol–water partition coefficient (Wildman–Crippen LogP) is 4.39. The van der Waals surface area contributed by atoms with Crippen LogP contribution in [0.2, 0.25) is 0 Å². The molecule has 0 aliphatic carbocycles.